The molecule has 2 atom stereocenters. The van der Waals surface area contributed by atoms with E-state index in [1.807, 2.05) is 18.2 Å². The van der Waals surface area contributed by atoms with Crippen molar-refractivity contribution < 1.29 is 34.3 Å². The highest BCUT2D eigenvalue weighted by molar-refractivity contribution is 5.83. The Bertz CT molecular complexity index is 1350. The van der Waals surface area contributed by atoms with Crippen LogP contribution in [0.2, 0.25) is 0 Å². The van der Waals surface area contributed by atoms with E-state index in [0.717, 1.165) is 54.4 Å². The standard InChI is InChI=1S/C30H32O7/c1-34-24-14-23-19(13-22(32)29(37-23)16-10-25(35-2)28(33)26(11-16)36-3)20-15-30(8-4-5-9-30)21-12-17(31)6-7-18(21)27(20)24/h6-7,10-12,14,22,29,31-33H,4-5,8-9,13,15H2,1-3H3/t22-,29+/m1/s1. The number of aromatic hydroxyl groups is 2. The second-order valence-corrected chi connectivity index (χ2v) is 10.4. The third kappa shape index (κ3) is 3.59. The molecule has 3 N–H and O–H groups in total. The summed E-state index contributed by atoms with van der Waals surface area (Å²) in [6.45, 7) is 0. The van der Waals surface area contributed by atoms with Gasteiger partial charge >= 0.3 is 0 Å². The van der Waals surface area contributed by atoms with Crippen molar-refractivity contribution in [3.05, 3.63) is 58.7 Å². The molecular formula is C30H32O7. The molecule has 3 aromatic rings. The Morgan fingerprint density at radius 1 is 0.865 bits per heavy atom. The molecule has 0 saturated heterocycles. The van der Waals surface area contributed by atoms with Crippen LogP contribution >= 0.6 is 0 Å². The zero-order valence-electron chi connectivity index (χ0n) is 21.3. The SMILES string of the molecule is COc1cc([C@@H]2Oc3cc(OC)c4c(c3C[C@H]2O)CC2(CCCC2)c2cc(O)ccc2-4)cc(OC)c1O. The summed E-state index contributed by atoms with van der Waals surface area (Å²) >= 11 is 0. The van der Waals surface area contributed by atoms with E-state index in [4.69, 9.17) is 18.9 Å². The van der Waals surface area contributed by atoms with Crippen LogP contribution in [0.3, 0.4) is 0 Å². The second-order valence-electron chi connectivity index (χ2n) is 10.4. The predicted octanol–water partition coefficient (Wildman–Crippen LogP) is 5.20. The van der Waals surface area contributed by atoms with Crippen molar-refractivity contribution >= 4 is 0 Å². The number of ether oxygens (including phenoxy) is 4. The average molecular weight is 505 g/mol. The molecule has 37 heavy (non-hydrogen) atoms. The fraction of sp³-hybridized carbons (Fsp3) is 0.400. The molecule has 1 heterocycles. The van der Waals surface area contributed by atoms with Gasteiger partial charge in [-0.15, -0.1) is 0 Å². The summed E-state index contributed by atoms with van der Waals surface area (Å²) in [6, 6.07) is 10.9. The minimum atomic E-state index is -0.815. The van der Waals surface area contributed by atoms with Crippen molar-refractivity contribution in [1.29, 1.82) is 0 Å². The van der Waals surface area contributed by atoms with Gasteiger partial charge in [-0.2, -0.15) is 0 Å². The molecule has 0 amide bonds. The summed E-state index contributed by atoms with van der Waals surface area (Å²) < 4.78 is 23.0. The molecule has 2 aliphatic carbocycles. The van der Waals surface area contributed by atoms with Crippen molar-refractivity contribution in [2.45, 2.75) is 56.1 Å². The van der Waals surface area contributed by atoms with Gasteiger partial charge < -0.3 is 34.3 Å². The van der Waals surface area contributed by atoms with E-state index < -0.39 is 12.2 Å². The normalized spacial score (nSPS) is 21.0. The maximum atomic E-state index is 11.3. The number of rotatable bonds is 4. The van der Waals surface area contributed by atoms with Crippen molar-refractivity contribution in [3.8, 4) is 45.6 Å². The molecule has 0 unspecified atom stereocenters. The molecule has 0 aromatic heterocycles. The minimum Gasteiger partial charge on any atom is -0.508 e. The van der Waals surface area contributed by atoms with E-state index in [1.54, 1.807) is 25.3 Å². The number of aliphatic hydroxyl groups is 1. The molecule has 0 radical (unpaired) electrons. The van der Waals surface area contributed by atoms with E-state index in [-0.39, 0.29) is 28.4 Å². The monoisotopic (exact) mass is 504 g/mol. The first-order valence-corrected chi connectivity index (χ1v) is 12.8. The van der Waals surface area contributed by atoms with Gasteiger partial charge in [-0.25, -0.2) is 0 Å². The van der Waals surface area contributed by atoms with Gasteiger partial charge in [0.15, 0.2) is 17.6 Å². The smallest absolute Gasteiger partial charge is 0.200 e. The first-order valence-electron chi connectivity index (χ1n) is 12.8. The van der Waals surface area contributed by atoms with Crippen LogP contribution in [-0.2, 0) is 18.3 Å². The van der Waals surface area contributed by atoms with E-state index in [9.17, 15) is 15.3 Å². The van der Waals surface area contributed by atoms with E-state index in [1.165, 1.54) is 19.8 Å². The van der Waals surface area contributed by atoms with Crippen LogP contribution in [0.4, 0.5) is 0 Å². The molecule has 3 aliphatic rings. The van der Waals surface area contributed by atoms with Gasteiger partial charge in [0.2, 0.25) is 5.75 Å². The van der Waals surface area contributed by atoms with Gasteiger partial charge in [-0.3, -0.25) is 0 Å². The fourth-order valence-corrected chi connectivity index (χ4v) is 6.73. The van der Waals surface area contributed by atoms with E-state index >= 15 is 0 Å². The number of phenols is 2. The van der Waals surface area contributed by atoms with Crippen LogP contribution in [0.25, 0.3) is 11.1 Å². The molecule has 1 spiro atoms. The van der Waals surface area contributed by atoms with Crippen LogP contribution in [-0.4, -0.2) is 42.8 Å². The lowest BCUT2D eigenvalue weighted by molar-refractivity contribution is 0.0200. The Labute approximate surface area is 216 Å². The van der Waals surface area contributed by atoms with E-state index in [0.29, 0.717) is 23.5 Å². The lowest BCUT2D eigenvalue weighted by Gasteiger charge is -2.41. The Morgan fingerprint density at radius 2 is 1.54 bits per heavy atom. The number of hydrogen-bond donors (Lipinski definition) is 3. The maximum absolute atomic E-state index is 11.3. The van der Waals surface area contributed by atoms with Crippen LogP contribution in [0.15, 0.2) is 36.4 Å². The topological polar surface area (TPSA) is 97.6 Å². The summed E-state index contributed by atoms with van der Waals surface area (Å²) in [4.78, 5) is 0. The number of aliphatic hydroxyl groups excluding tert-OH is 1. The van der Waals surface area contributed by atoms with Gasteiger partial charge in [-0.1, -0.05) is 18.9 Å². The molecule has 6 rings (SSSR count). The van der Waals surface area contributed by atoms with E-state index in [2.05, 4.69) is 0 Å². The van der Waals surface area contributed by atoms with Crippen molar-refractivity contribution in [3.63, 3.8) is 0 Å². The molecular weight excluding hydrogens is 472 g/mol. The summed E-state index contributed by atoms with van der Waals surface area (Å²) in [7, 11) is 4.60. The predicted molar refractivity (Wildman–Crippen MR) is 138 cm³/mol. The van der Waals surface area contributed by atoms with Crippen LogP contribution < -0.4 is 18.9 Å². The lowest BCUT2D eigenvalue weighted by Crippen LogP contribution is -2.34. The summed E-state index contributed by atoms with van der Waals surface area (Å²) in [6.07, 6.45) is 4.19. The molecule has 0 bridgehead atoms. The van der Waals surface area contributed by atoms with Crippen molar-refractivity contribution in [2.75, 3.05) is 21.3 Å². The molecule has 1 fully saturated rings. The number of fused-ring (bicyclic) bond motifs is 6. The largest absolute Gasteiger partial charge is 0.508 e. The number of methoxy groups -OCH3 is 3. The van der Waals surface area contributed by atoms with Crippen molar-refractivity contribution in [2.24, 2.45) is 0 Å². The quantitative estimate of drug-likeness (QED) is 0.450. The zero-order chi connectivity index (χ0) is 25.9. The lowest BCUT2D eigenvalue weighted by atomic mass is 9.65. The van der Waals surface area contributed by atoms with Gasteiger partial charge in [0.25, 0.3) is 0 Å². The number of hydrogen-bond acceptors (Lipinski definition) is 7. The highest BCUT2D eigenvalue weighted by Crippen LogP contribution is 2.57. The third-order valence-electron chi connectivity index (χ3n) is 8.46. The molecule has 7 heteroatoms. The Kier molecular flexibility index (Phi) is 5.64. The molecule has 1 aliphatic heterocycles. The maximum Gasteiger partial charge on any atom is 0.200 e. The minimum absolute atomic E-state index is 0.0410. The summed E-state index contributed by atoms with van der Waals surface area (Å²) in [5.41, 5.74) is 6.07. The molecule has 194 valence electrons. The molecule has 7 nitrogen and oxygen atoms in total. The molecule has 1 saturated carbocycles. The third-order valence-corrected chi connectivity index (χ3v) is 8.46. The fourth-order valence-electron chi connectivity index (χ4n) is 6.73. The van der Waals surface area contributed by atoms with Crippen LogP contribution in [0, 0.1) is 0 Å². The van der Waals surface area contributed by atoms with Crippen molar-refractivity contribution in [1.82, 2.24) is 0 Å². The van der Waals surface area contributed by atoms with Crippen LogP contribution in [0.1, 0.15) is 54.0 Å². The number of benzene rings is 3. The number of phenolic OH excluding ortho intramolecular Hbond substituents is 2. The highest BCUT2D eigenvalue weighted by Gasteiger charge is 2.45. The summed E-state index contributed by atoms with van der Waals surface area (Å²) in [5, 5.41) is 32.0. The van der Waals surface area contributed by atoms with Gasteiger partial charge in [-0.05, 0) is 60.2 Å². The first-order chi connectivity index (χ1) is 17.9. The van der Waals surface area contributed by atoms with Crippen LogP contribution in [0.5, 0.6) is 34.5 Å². The summed E-state index contributed by atoms with van der Waals surface area (Å²) in [5.74, 6) is 2.09. The molecule has 3 aromatic carbocycles. The first kappa shape index (κ1) is 23.8. The Morgan fingerprint density at radius 3 is 2.19 bits per heavy atom. The van der Waals surface area contributed by atoms with Gasteiger partial charge in [0.05, 0.1) is 27.4 Å². The Hall–Kier alpha value is -3.58. The highest BCUT2D eigenvalue weighted by atomic mass is 16.5. The zero-order valence-corrected chi connectivity index (χ0v) is 21.3. The van der Waals surface area contributed by atoms with Gasteiger partial charge in [0, 0.05) is 34.6 Å². The Balaban J connectivity index is 1.50. The second kappa shape index (κ2) is 8.77. The van der Waals surface area contributed by atoms with Gasteiger partial charge in [0.1, 0.15) is 17.2 Å². The average Bonchev–Trinajstić information content (AvgIpc) is 3.37.